The minimum atomic E-state index is -0.0406. The molecule has 1 fully saturated rings. The number of rotatable bonds is 4. The Morgan fingerprint density at radius 3 is 2.56 bits per heavy atom. The molecular weight excluding hydrogens is 218 g/mol. The van der Waals surface area contributed by atoms with Crippen molar-refractivity contribution in [3.63, 3.8) is 0 Å². The first-order chi connectivity index (χ1) is 7.34. The minimum Gasteiger partial charge on any atom is -0.391 e. The fourth-order valence-corrected chi connectivity index (χ4v) is 3.18. The maximum atomic E-state index is 6.04. The van der Waals surface area contributed by atoms with E-state index in [1.807, 2.05) is 0 Å². The number of thiocarbonyl (C=S) groups is 1. The topological polar surface area (TPSA) is 35.2 Å². The lowest BCUT2D eigenvalue weighted by molar-refractivity contribution is -0.0422. The Balaban J connectivity index is 2.56. The van der Waals surface area contributed by atoms with Gasteiger partial charge in [-0.15, -0.1) is 0 Å². The van der Waals surface area contributed by atoms with Gasteiger partial charge in [-0.3, -0.25) is 0 Å². The van der Waals surface area contributed by atoms with Gasteiger partial charge in [-0.25, -0.2) is 0 Å². The van der Waals surface area contributed by atoms with Gasteiger partial charge in [0.2, 0.25) is 0 Å². The van der Waals surface area contributed by atoms with Crippen LogP contribution in [0.3, 0.4) is 0 Å². The second kappa shape index (κ2) is 5.46. The van der Waals surface area contributed by atoms with Crippen molar-refractivity contribution in [2.45, 2.75) is 65.6 Å². The highest BCUT2D eigenvalue weighted by Crippen LogP contribution is 2.40. The van der Waals surface area contributed by atoms with Crippen LogP contribution in [0.5, 0.6) is 0 Å². The van der Waals surface area contributed by atoms with Gasteiger partial charge in [-0.1, -0.05) is 39.9 Å². The third-order valence-corrected chi connectivity index (χ3v) is 3.65. The summed E-state index contributed by atoms with van der Waals surface area (Å²) >= 11 is 5.02. The van der Waals surface area contributed by atoms with E-state index in [0.29, 0.717) is 16.5 Å². The van der Waals surface area contributed by atoms with Crippen LogP contribution in [0.15, 0.2) is 0 Å². The second-order valence-corrected chi connectivity index (χ2v) is 6.44. The molecule has 0 spiro atoms. The molecular formula is C13H25NOS. The van der Waals surface area contributed by atoms with E-state index in [-0.39, 0.29) is 6.10 Å². The number of ether oxygens (including phenoxy) is 1. The van der Waals surface area contributed by atoms with Gasteiger partial charge >= 0.3 is 0 Å². The zero-order chi connectivity index (χ0) is 12.3. The van der Waals surface area contributed by atoms with Crippen molar-refractivity contribution in [3.8, 4) is 0 Å². The molecule has 2 nitrogen and oxygen atoms in total. The maximum absolute atomic E-state index is 6.04. The van der Waals surface area contributed by atoms with Crippen molar-refractivity contribution in [3.05, 3.63) is 0 Å². The van der Waals surface area contributed by atoms with E-state index in [9.17, 15) is 0 Å². The maximum Gasteiger partial charge on any atom is 0.107 e. The highest BCUT2D eigenvalue weighted by Gasteiger charge is 2.33. The van der Waals surface area contributed by atoms with E-state index >= 15 is 0 Å². The Morgan fingerprint density at radius 2 is 2.12 bits per heavy atom. The van der Waals surface area contributed by atoms with Crippen molar-refractivity contribution in [2.75, 3.05) is 0 Å². The molecule has 0 aromatic carbocycles. The molecule has 0 aromatic rings. The Labute approximate surface area is 105 Å². The summed E-state index contributed by atoms with van der Waals surface area (Å²) in [5, 5.41) is 0. The van der Waals surface area contributed by atoms with Crippen LogP contribution in [0.25, 0.3) is 0 Å². The van der Waals surface area contributed by atoms with E-state index in [1.165, 1.54) is 6.42 Å². The monoisotopic (exact) mass is 243 g/mol. The van der Waals surface area contributed by atoms with Crippen molar-refractivity contribution < 1.29 is 4.74 Å². The molecule has 0 saturated heterocycles. The SMILES string of the molecule is CCC(OC1CC(C)CC(C)(C)C1)C(N)=S. The van der Waals surface area contributed by atoms with Gasteiger partial charge in [0, 0.05) is 0 Å². The average molecular weight is 243 g/mol. The van der Waals surface area contributed by atoms with Crippen molar-refractivity contribution in [1.82, 2.24) is 0 Å². The molecule has 3 unspecified atom stereocenters. The molecule has 1 rings (SSSR count). The minimum absolute atomic E-state index is 0.0406. The molecule has 1 aliphatic carbocycles. The summed E-state index contributed by atoms with van der Waals surface area (Å²) in [6, 6.07) is 0. The van der Waals surface area contributed by atoms with Gasteiger partial charge in [0.25, 0.3) is 0 Å². The highest BCUT2D eigenvalue weighted by molar-refractivity contribution is 7.80. The molecule has 1 saturated carbocycles. The molecule has 1 aliphatic rings. The lowest BCUT2D eigenvalue weighted by atomic mass is 9.71. The first-order valence-electron chi connectivity index (χ1n) is 6.29. The van der Waals surface area contributed by atoms with Gasteiger partial charge in [-0.2, -0.15) is 0 Å². The third-order valence-electron chi connectivity index (χ3n) is 3.39. The average Bonchev–Trinajstić information content (AvgIpc) is 2.10. The smallest absolute Gasteiger partial charge is 0.107 e. The standard InChI is InChI=1S/C13H25NOS/c1-5-11(12(14)16)15-10-6-9(2)7-13(3,4)8-10/h9-11H,5-8H2,1-4H3,(H2,14,16). The van der Waals surface area contributed by atoms with Crippen LogP contribution in [-0.4, -0.2) is 17.2 Å². The van der Waals surface area contributed by atoms with E-state index in [0.717, 1.165) is 25.2 Å². The lowest BCUT2D eigenvalue weighted by Gasteiger charge is -2.40. The predicted molar refractivity (Wildman–Crippen MR) is 72.5 cm³/mol. The fraction of sp³-hybridized carbons (Fsp3) is 0.923. The Morgan fingerprint density at radius 1 is 1.50 bits per heavy atom. The highest BCUT2D eigenvalue weighted by atomic mass is 32.1. The largest absolute Gasteiger partial charge is 0.391 e. The summed E-state index contributed by atoms with van der Waals surface area (Å²) in [5.74, 6) is 0.734. The van der Waals surface area contributed by atoms with Crippen LogP contribution in [0.1, 0.15) is 53.4 Å². The van der Waals surface area contributed by atoms with E-state index in [4.69, 9.17) is 22.7 Å². The normalized spacial score (nSPS) is 31.0. The molecule has 16 heavy (non-hydrogen) atoms. The number of nitrogens with two attached hydrogens (primary N) is 1. The molecule has 94 valence electrons. The molecule has 0 aliphatic heterocycles. The van der Waals surface area contributed by atoms with Gasteiger partial charge in [0.1, 0.15) is 11.1 Å². The molecule has 0 amide bonds. The summed E-state index contributed by atoms with van der Waals surface area (Å²) in [6.07, 6.45) is 4.71. The summed E-state index contributed by atoms with van der Waals surface area (Å²) < 4.78 is 6.04. The Kier molecular flexibility index (Phi) is 4.74. The third kappa shape index (κ3) is 4.02. The first kappa shape index (κ1) is 13.9. The zero-order valence-corrected chi connectivity index (χ0v) is 11.8. The quantitative estimate of drug-likeness (QED) is 0.770. The molecule has 2 N–H and O–H groups in total. The fourth-order valence-electron chi connectivity index (χ4n) is 2.96. The van der Waals surface area contributed by atoms with Gasteiger partial charge in [0.05, 0.1) is 6.10 Å². The van der Waals surface area contributed by atoms with E-state index in [1.54, 1.807) is 0 Å². The zero-order valence-electron chi connectivity index (χ0n) is 11.0. The lowest BCUT2D eigenvalue weighted by Crippen LogP contribution is -2.38. The Hall–Kier alpha value is -0.150. The molecule has 0 aromatic heterocycles. The van der Waals surface area contributed by atoms with Crippen molar-refractivity contribution in [1.29, 1.82) is 0 Å². The summed E-state index contributed by atoms with van der Waals surface area (Å²) in [5.41, 5.74) is 6.06. The van der Waals surface area contributed by atoms with Crippen molar-refractivity contribution >= 4 is 17.2 Å². The number of hydrogen-bond donors (Lipinski definition) is 1. The molecule has 3 atom stereocenters. The molecule has 0 radical (unpaired) electrons. The molecule has 0 heterocycles. The van der Waals surface area contributed by atoms with Crippen LogP contribution < -0.4 is 5.73 Å². The van der Waals surface area contributed by atoms with Gasteiger partial charge in [-0.05, 0) is 37.0 Å². The van der Waals surface area contributed by atoms with E-state index < -0.39 is 0 Å². The second-order valence-electron chi connectivity index (χ2n) is 5.97. The van der Waals surface area contributed by atoms with Crippen LogP contribution >= 0.6 is 12.2 Å². The van der Waals surface area contributed by atoms with Crippen molar-refractivity contribution in [2.24, 2.45) is 17.1 Å². The molecule has 3 heteroatoms. The number of hydrogen-bond acceptors (Lipinski definition) is 2. The summed E-state index contributed by atoms with van der Waals surface area (Å²) in [6.45, 7) is 9.02. The van der Waals surface area contributed by atoms with Crippen LogP contribution in [0.4, 0.5) is 0 Å². The predicted octanol–water partition coefficient (Wildman–Crippen LogP) is 3.28. The van der Waals surface area contributed by atoms with Crippen LogP contribution in [-0.2, 0) is 4.74 Å². The van der Waals surface area contributed by atoms with Gasteiger partial charge < -0.3 is 10.5 Å². The molecule has 0 bridgehead atoms. The van der Waals surface area contributed by atoms with Crippen LogP contribution in [0.2, 0.25) is 0 Å². The summed E-state index contributed by atoms with van der Waals surface area (Å²) in [7, 11) is 0. The van der Waals surface area contributed by atoms with Crippen LogP contribution in [0, 0.1) is 11.3 Å². The van der Waals surface area contributed by atoms with Gasteiger partial charge in [0.15, 0.2) is 0 Å². The Bertz CT molecular complexity index is 252. The first-order valence-corrected chi connectivity index (χ1v) is 6.69. The van der Waals surface area contributed by atoms with E-state index in [2.05, 4.69) is 27.7 Å². The summed E-state index contributed by atoms with van der Waals surface area (Å²) in [4.78, 5) is 0.499.